The van der Waals surface area contributed by atoms with Gasteiger partial charge >= 0.3 is 0 Å². The lowest BCUT2D eigenvalue weighted by Gasteiger charge is -2.31. The molecule has 1 aliphatic rings. The molecule has 0 saturated heterocycles. The van der Waals surface area contributed by atoms with Crippen LogP contribution in [0.15, 0.2) is 36.7 Å². The molecule has 98 valence electrons. The monoisotopic (exact) mass is 274 g/mol. The number of hydrogen-bond acceptors (Lipinski definition) is 3. The molecule has 0 radical (unpaired) electrons. The molecule has 0 spiro atoms. The molecule has 1 aliphatic heterocycles. The third-order valence-electron chi connectivity index (χ3n) is 3.53. The van der Waals surface area contributed by atoms with Gasteiger partial charge in [0, 0.05) is 41.0 Å². The van der Waals surface area contributed by atoms with Crippen LogP contribution in [0.1, 0.15) is 35.3 Å². The molecule has 0 bridgehead atoms. The number of aryl methyl sites for hydroxylation is 1. The molecule has 0 fully saturated rings. The van der Waals surface area contributed by atoms with Crippen molar-refractivity contribution in [3.8, 4) is 5.75 Å². The summed E-state index contributed by atoms with van der Waals surface area (Å²) in [5.41, 5.74) is 9.48. The maximum atomic E-state index is 6.23. The van der Waals surface area contributed by atoms with Gasteiger partial charge < -0.3 is 10.5 Å². The molecular formula is C15H15ClN2O. The van der Waals surface area contributed by atoms with Gasteiger partial charge in [-0.3, -0.25) is 4.98 Å². The van der Waals surface area contributed by atoms with Crippen LogP contribution < -0.4 is 10.5 Å². The predicted molar refractivity (Wildman–Crippen MR) is 75.3 cm³/mol. The predicted octanol–water partition coefficient (Wildman–Crippen LogP) is 3.57. The highest BCUT2D eigenvalue weighted by molar-refractivity contribution is 6.30. The minimum absolute atomic E-state index is 0.0441. The van der Waals surface area contributed by atoms with Gasteiger partial charge in [-0.05, 0) is 36.8 Å². The van der Waals surface area contributed by atoms with Crippen LogP contribution in [-0.4, -0.2) is 4.98 Å². The molecule has 2 heterocycles. The lowest BCUT2D eigenvalue weighted by Crippen LogP contribution is -2.24. The molecule has 1 aromatic carbocycles. The second kappa shape index (κ2) is 4.83. The number of halogens is 1. The lowest BCUT2D eigenvalue weighted by molar-refractivity contribution is 0.160. The van der Waals surface area contributed by atoms with Crippen molar-refractivity contribution < 1.29 is 4.74 Å². The molecular weight excluding hydrogens is 260 g/mol. The number of fused-ring (bicyclic) bond motifs is 1. The first kappa shape index (κ1) is 12.5. The van der Waals surface area contributed by atoms with E-state index in [-0.39, 0.29) is 12.1 Å². The van der Waals surface area contributed by atoms with E-state index >= 15 is 0 Å². The summed E-state index contributed by atoms with van der Waals surface area (Å²) in [7, 11) is 0. The second-order valence-corrected chi connectivity index (χ2v) is 5.30. The van der Waals surface area contributed by atoms with Crippen LogP contribution >= 0.6 is 11.6 Å². The molecule has 0 saturated carbocycles. The summed E-state index contributed by atoms with van der Waals surface area (Å²) in [6.45, 7) is 2.06. The Morgan fingerprint density at radius 3 is 2.95 bits per heavy atom. The molecule has 0 amide bonds. The summed E-state index contributed by atoms with van der Waals surface area (Å²) in [4.78, 5) is 4.17. The van der Waals surface area contributed by atoms with Crippen LogP contribution in [0.25, 0.3) is 0 Å². The fourth-order valence-electron chi connectivity index (χ4n) is 2.48. The van der Waals surface area contributed by atoms with Crippen LogP contribution in [0.3, 0.4) is 0 Å². The third kappa shape index (κ3) is 2.31. The summed E-state index contributed by atoms with van der Waals surface area (Å²) in [6, 6.07) is 7.52. The molecule has 2 N–H and O–H groups in total. The van der Waals surface area contributed by atoms with Crippen LogP contribution in [-0.2, 0) is 0 Å². The lowest BCUT2D eigenvalue weighted by atomic mass is 9.93. The van der Waals surface area contributed by atoms with Gasteiger partial charge in [-0.1, -0.05) is 11.6 Å². The molecule has 3 rings (SSSR count). The standard InChI is InChI=1S/C15H15ClN2O/c1-9-4-5-18-8-12(9)15-7-13(17)11-6-10(16)2-3-14(11)19-15/h2-6,8,13,15H,7,17H2,1H3. The van der Waals surface area contributed by atoms with Gasteiger partial charge in [-0.2, -0.15) is 0 Å². The normalized spacial score (nSPS) is 21.6. The summed E-state index contributed by atoms with van der Waals surface area (Å²) >= 11 is 6.00. The zero-order chi connectivity index (χ0) is 13.4. The van der Waals surface area contributed by atoms with E-state index in [2.05, 4.69) is 11.9 Å². The summed E-state index contributed by atoms with van der Waals surface area (Å²) in [5, 5.41) is 0.689. The Kier molecular flexibility index (Phi) is 3.17. The van der Waals surface area contributed by atoms with Gasteiger partial charge in [-0.15, -0.1) is 0 Å². The van der Waals surface area contributed by atoms with E-state index in [4.69, 9.17) is 22.1 Å². The van der Waals surface area contributed by atoms with E-state index in [1.165, 1.54) is 5.56 Å². The molecule has 2 unspecified atom stereocenters. The first-order valence-corrected chi connectivity index (χ1v) is 6.65. The van der Waals surface area contributed by atoms with E-state index in [0.29, 0.717) is 5.02 Å². The van der Waals surface area contributed by atoms with Crippen molar-refractivity contribution in [2.75, 3.05) is 0 Å². The molecule has 0 aliphatic carbocycles. The number of rotatable bonds is 1. The smallest absolute Gasteiger partial charge is 0.127 e. The number of nitrogens with two attached hydrogens (primary N) is 1. The third-order valence-corrected chi connectivity index (χ3v) is 3.77. The van der Waals surface area contributed by atoms with Gasteiger partial charge in [0.15, 0.2) is 0 Å². The van der Waals surface area contributed by atoms with Gasteiger partial charge in [0.25, 0.3) is 0 Å². The highest BCUT2D eigenvalue weighted by Crippen LogP contribution is 2.41. The van der Waals surface area contributed by atoms with E-state index in [9.17, 15) is 0 Å². The fraction of sp³-hybridized carbons (Fsp3) is 0.267. The van der Waals surface area contributed by atoms with Gasteiger partial charge in [0.05, 0.1) is 0 Å². The van der Waals surface area contributed by atoms with Crippen LogP contribution in [0.4, 0.5) is 0 Å². The number of nitrogens with zero attached hydrogens (tertiary/aromatic N) is 1. The Morgan fingerprint density at radius 1 is 1.32 bits per heavy atom. The van der Waals surface area contributed by atoms with Crippen molar-refractivity contribution in [2.45, 2.75) is 25.5 Å². The van der Waals surface area contributed by atoms with Gasteiger partial charge in [0.2, 0.25) is 0 Å². The van der Waals surface area contributed by atoms with Crippen LogP contribution in [0, 0.1) is 6.92 Å². The zero-order valence-electron chi connectivity index (χ0n) is 10.6. The van der Waals surface area contributed by atoms with Crippen molar-refractivity contribution in [2.24, 2.45) is 5.73 Å². The van der Waals surface area contributed by atoms with Gasteiger partial charge in [0.1, 0.15) is 11.9 Å². The Hall–Kier alpha value is -1.58. The van der Waals surface area contributed by atoms with Crippen molar-refractivity contribution in [1.82, 2.24) is 4.98 Å². The summed E-state index contributed by atoms with van der Waals surface area (Å²) in [6.07, 6.45) is 4.33. The Morgan fingerprint density at radius 2 is 2.16 bits per heavy atom. The SMILES string of the molecule is Cc1ccncc1C1CC(N)c2cc(Cl)ccc2O1. The van der Waals surface area contributed by atoms with E-state index in [0.717, 1.165) is 23.3 Å². The van der Waals surface area contributed by atoms with Crippen molar-refractivity contribution in [3.63, 3.8) is 0 Å². The Balaban J connectivity index is 1.97. The summed E-state index contributed by atoms with van der Waals surface area (Å²) < 4.78 is 6.05. The maximum absolute atomic E-state index is 6.23. The minimum atomic E-state index is -0.0629. The van der Waals surface area contributed by atoms with E-state index in [1.807, 2.05) is 30.5 Å². The largest absolute Gasteiger partial charge is 0.485 e. The first-order valence-electron chi connectivity index (χ1n) is 6.27. The van der Waals surface area contributed by atoms with Crippen LogP contribution in [0.2, 0.25) is 5.02 Å². The molecule has 2 atom stereocenters. The number of ether oxygens (including phenoxy) is 1. The minimum Gasteiger partial charge on any atom is -0.485 e. The number of hydrogen-bond donors (Lipinski definition) is 1. The summed E-state index contributed by atoms with van der Waals surface area (Å²) in [5.74, 6) is 0.816. The second-order valence-electron chi connectivity index (χ2n) is 4.86. The number of aromatic nitrogens is 1. The maximum Gasteiger partial charge on any atom is 0.127 e. The highest BCUT2D eigenvalue weighted by Gasteiger charge is 2.28. The quantitative estimate of drug-likeness (QED) is 0.865. The Bertz CT molecular complexity index is 615. The zero-order valence-corrected chi connectivity index (χ0v) is 11.4. The average molecular weight is 275 g/mol. The molecule has 4 heteroatoms. The van der Waals surface area contributed by atoms with Crippen molar-refractivity contribution >= 4 is 11.6 Å². The van der Waals surface area contributed by atoms with Crippen LogP contribution in [0.5, 0.6) is 5.75 Å². The van der Waals surface area contributed by atoms with Gasteiger partial charge in [-0.25, -0.2) is 0 Å². The topological polar surface area (TPSA) is 48.1 Å². The molecule has 2 aromatic rings. The highest BCUT2D eigenvalue weighted by atomic mass is 35.5. The number of benzene rings is 1. The molecule has 19 heavy (non-hydrogen) atoms. The van der Waals surface area contributed by atoms with E-state index in [1.54, 1.807) is 6.20 Å². The van der Waals surface area contributed by atoms with E-state index < -0.39 is 0 Å². The molecule has 3 nitrogen and oxygen atoms in total. The van der Waals surface area contributed by atoms with Crippen molar-refractivity contribution in [3.05, 3.63) is 58.4 Å². The first-order chi connectivity index (χ1) is 9.15. The molecule has 1 aromatic heterocycles. The van der Waals surface area contributed by atoms with Crippen molar-refractivity contribution in [1.29, 1.82) is 0 Å². The fourth-order valence-corrected chi connectivity index (χ4v) is 2.66. The number of pyridine rings is 1. The average Bonchev–Trinajstić information content (AvgIpc) is 2.40. The Labute approximate surface area is 117 Å².